The first-order chi connectivity index (χ1) is 20.9. The second-order valence-corrected chi connectivity index (χ2v) is 10.3. The van der Waals surface area contributed by atoms with Crippen LogP contribution in [-0.2, 0) is 11.2 Å². The molecule has 3 amide bonds. The van der Waals surface area contributed by atoms with Crippen molar-refractivity contribution in [3.63, 3.8) is 0 Å². The van der Waals surface area contributed by atoms with Crippen molar-refractivity contribution in [1.29, 1.82) is 0 Å². The molecule has 1 aliphatic heterocycles. The number of hydrogen-bond acceptors (Lipinski definition) is 9. The summed E-state index contributed by atoms with van der Waals surface area (Å²) in [5.74, 6) is 2.02. The van der Waals surface area contributed by atoms with Gasteiger partial charge in [0.2, 0.25) is 11.9 Å². The average molecular weight is 605 g/mol. The Morgan fingerprint density at radius 1 is 1.09 bits per heavy atom. The van der Waals surface area contributed by atoms with Gasteiger partial charge >= 0.3 is 6.03 Å². The number of carbonyl (C=O) groups excluding carboxylic acids is 2. The van der Waals surface area contributed by atoms with Crippen molar-refractivity contribution in [1.82, 2.24) is 29.7 Å². The number of methoxy groups -OCH3 is 2. The van der Waals surface area contributed by atoms with E-state index in [4.69, 9.17) is 26.1 Å². The van der Waals surface area contributed by atoms with E-state index in [-0.39, 0.29) is 30.1 Å². The molecule has 13 heteroatoms. The van der Waals surface area contributed by atoms with E-state index in [0.29, 0.717) is 55.0 Å². The zero-order valence-electron chi connectivity index (χ0n) is 23.9. The second kappa shape index (κ2) is 14.0. The Kier molecular flexibility index (Phi) is 9.70. The number of urea groups is 1. The third-order valence-electron chi connectivity index (χ3n) is 7.11. The first-order valence-electron chi connectivity index (χ1n) is 13.8. The van der Waals surface area contributed by atoms with Crippen LogP contribution in [0.25, 0.3) is 5.95 Å². The molecule has 2 N–H and O–H groups in total. The minimum absolute atomic E-state index is 0.0726. The highest BCUT2D eigenvalue weighted by Gasteiger charge is 2.30. The van der Waals surface area contributed by atoms with Crippen LogP contribution < -0.4 is 25.0 Å². The van der Waals surface area contributed by atoms with Crippen LogP contribution in [0.15, 0.2) is 73.3 Å². The van der Waals surface area contributed by atoms with Gasteiger partial charge in [-0.15, -0.1) is 0 Å². The predicted octanol–water partition coefficient (Wildman–Crippen LogP) is 3.80. The minimum atomic E-state index is -0.513. The number of carbonyl (C=O) groups is 2. The van der Waals surface area contributed by atoms with E-state index >= 15 is 0 Å². The van der Waals surface area contributed by atoms with Crippen molar-refractivity contribution < 1.29 is 19.1 Å². The number of imide groups is 1. The quantitative estimate of drug-likeness (QED) is 0.260. The fraction of sp³-hybridized carbons (Fsp3) is 0.300. The maximum absolute atomic E-state index is 13.9. The summed E-state index contributed by atoms with van der Waals surface area (Å²) < 4.78 is 12.2. The highest BCUT2D eigenvalue weighted by molar-refractivity contribution is 6.29. The predicted molar refractivity (Wildman–Crippen MR) is 163 cm³/mol. The fourth-order valence-electron chi connectivity index (χ4n) is 4.86. The van der Waals surface area contributed by atoms with Crippen LogP contribution >= 0.6 is 11.6 Å². The van der Waals surface area contributed by atoms with Crippen LogP contribution in [-0.4, -0.2) is 82.8 Å². The van der Waals surface area contributed by atoms with Crippen LogP contribution in [0.1, 0.15) is 12.0 Å². The highest BCUT2D eigenvalue weighted by atomic mass is 35.5. The summed E-state index contributed by atoms with van der Waals surface area (Å²) in [5, 5.41) is 6.48. The standard InChI is InChI=1S/C30H33ClN8O4/c1-42-24-8-6-22(7-9-24)34-30(41)39(13-10-21-4-3-5-25(16-21)43-2)28(40)17-23-19-32-12-15-38(23)27-18-26(31)35-29(36-27)37-14-11-33-20-37/h3-9,11,14,16,18,20,23,32H,10,12-13,15,17,19H2,1-2H3,(H,34,41). The normalized spacial score (nSPS) is 14.7. The molecule has 0 bridgehead atoms. The molecule has 0 spiro atoms. The molecule has 0 saturated carbocycles. The number of hydrogen-bond donors (Lipinski definition) is 2. The largest absolute Gasteiger partial charge is 0.497 e. The second-order valence-electron chi connectivity index (χ2n) is 9.88. The molecule has 2 aromatic heterocycles. The minimum Gasteiger partial charge on any atom is -0.497 e. The van der Waals surface area contributed by atoms with Gasteiger partial charge in [0.05, 0.1) is 20.3 Å². The molecule has 224 valence electrons. The topological polar surface area (TPSA) is 127 Å². The van der Waals surface area contributed by atoms with E-state index in [9.17, 15) is 9.59 Å². The third kappa shape index (κ3) is 7.59. The molecule has 1 unspecified atom stereocenters. The van der Waals surface area contributed by atoms with Crippen LogP contribution in [0.4, 0.5) is 16.3 Å². The maximum atomic E-state index is 13.9. The van der Waals surface area contributed by atoms with Crippen LogP contribution in [0.2, 0.25) is 5.15 Å². The Morgan fingerprint density at radius 2 is 1.91 bits per heavy atom. The summed E-state index contributed by atoms with van der Waals surface area (Å²) in [7, 11) is 3.17. The molecule has 0 aliphatic carbocycles. The summed E-state index contributed by atoms with van der Waals surface area (Å²) in [6.45, 7) is 2.00. The molecular weight excluding hydrogens is 572 g/mol. The number of amides is 3. The summed E-state index contributed by atoms with van der Waals surface area (Å²) in [5.41, 5.74) is 1.49. The molecule has 43 heavy (non-hydrogen) atoms. The van der Waals surface area contributed by atoms with Gasteiger partial charge in [0, 0.05) is 56.7 Å². The summed E-state index contributed by atoms with van der Waals surface area (Å²) >= 11 is 6.38. The van der Waals surface area contributed by atoms with Crippen molar-refractivity contribution in [2.24, 2.45) is 0 Å². The van der Waals surface area contributed by atoms with Gasteiger partial charge in [-0.3, -0.25) is 14.3 Å². The average Bonchev–Trinajstić information content (AvgIpc) is 3.57. The first-order valence-corrected chi connectivity index (χ1v) is 14.2. The van der Waals surface area contributed by atoms with E-state index in [1.54, 1.807) is 67.8 Å². The van der Waals surface area contributed by atoms with Crippen molar-refractivity contribution in [3.8, 4) is 17.4 Å². The molecular formula is C30H33ClN8O4. The molecule has 1 atom stereocenters. The Balaban J connectivity index is 1.36. The van der Waals surface area contributed by atoms with Crippen molar-refractivity contribution in [2.75, 3.05) is 50.6 Å². The Hall–Kier alpha value is -4.68. The highest BCUT2D eigenvalue weighted by Crippen LogP contribution is 2.23. The first kappa shape index (κ1) is 29.8. The van der Waals surface area contributed by atoms with Crippen LogP contribution in [0, 0.1) is 0 Å². The zero-order valence-corrected chi connectivity index (χ0v) is 24.7. The lowest BCUT2D eigenvalue weighted by Gasteiger charge is -2.37. The number of nitrogens with one attached hydrogen (secondary N) is 2. The van der Waals surface area contributed by atoms with Crippen molar-refractivity contribution >= 4 is 35.0 Å². The van der Waals surface area contributed by atoms with E-state index in [2.05, 4.69) is 20.6 Å². The molecule has 2 aromatic carbocycles. The summed E-state index contributed by atoms with van der Waals surface area (Å²) in [6.07, 6.45) is 5.49. The number of nitrogens with zero attached hydrogens (tertiary/aromatic N) is 6. The van der Waals surface area contributed by atoms with Gasteiger partial charge < -0.3 is 25.0 Å². The lowest BCUT2D eigenvalue weighted by molar-refractivity contribution is -0.128. The van der Waals surface area contributed by atoms with Crippen LogP contribution in [0.3, 0.4) is 0 Å². The Bertz CT molecular complexity index is 1530. The third-order valence-corrected chi connectivity index (χ3v) is 7.30. The zero-order chi connectivity index (χ0) is 30.2. The van der Waals surface area contributed by atoms with Gasteiger partial charge in [0.15, 0.2) is 0 Å². The van der Waals surface area contributed by atoms with Crippen LogP contribution in [0.5, 0.6) is 11.5 Å². The number of anilines is 2. The number of piperazine rings is 1. The van der Waals surface area contributed by atoms with Crippen molar-refractivity contribution in [2.45, 2.75) is 18.9 Å². The number of halogens is 1. The molecule has 0 radical (unpaired) electrons. The molecule has 5 rings (SSSR count). The fourth-order valence-corrected chi connectivity index (χ4v) is 5.04. The monoisotopic (exact) mass is 604 g/mol. The Labute approximate surface area is 254 Å². The van der Waals surface area contributed by atoms with Gasteiger partial charge in [0.1, 0.15) is 28.8 Å². The molecule has 12 nitrogen and oxygen atoms in total. The summed E-state index contributed by atoms with van der Waals surface area (Å²) in [4.78, 5) is 43.8. The van der Waals surface area contributed by atoms with Gasteiger partial charge in [-0.2, -0.15) is 4.98 Å². The number of imidazole rings is 1. The maximum Gasteiger partial charge on any atom is 0.328 e. The lowest BCUT2D eigenvalue weighted by atomic mass is 10.1. The van der Waals surface area contributed by atoms with E-state index in [1.807, 2.05) is 29.2 Å². The van der Waals surface area contributed by atoms with Crippen molar-refractivity contribution in [3.05, 3.63) is 84.0 Å². The van der Waals surface area contributed by atoms with E-state index in [0.717, 1.165) is 5.56 Å². The smallest absolute Gasteiger partial charge is 0.328 e. The molecule has 1 aliphatic rings. The Morgan fingerprint density at radius 3 is 2.65 bits per heavy atom. The van der Waals surface area contributed by atoms with Gasteiger partial charge in [-0.1, -0.05) is 23.7 Å². The van der Waals surface area contributed by atoms with Gasteiger partial charge in [-0.05, 0) is 48.4 Å². The van der Waals surface area contributed by atoms with Gasteiger partial charge in [-0.25, -0.2) is 14.8 Å². The molecule has 4 aromatic rings. The van der Waals surface area contributed by atoms with E-state index < -0.39 is 6.03 Å². The number of benzene rings is 2. The number of ether oxygens (including phenoxy) is 2. The number of aromatic nitrogens is 4. The molecule has 1 fully saturated rings. The summed E-state index contributed by atoms with van der Waals surface area (Å²) in [6, 6.07) is 15.4. The number of rotatable bonds is 10. The van der Waals surface area contributed by atoms with Gasteiger partial charge in [0.25, 0.3) is 0 Å². The molecule has 1 saturated heterocycles. The molecule has 3 heterocycles. The lowest BCUT2D eigenvalue weighted by Crippen LogP contribution is -2.54. The SMILES string of the molecule is COc1ccc(NC(=O)N(CCc2cccc(OC)c2)C(=O)CC2CNCCN2c2cc(Cl)nc(-n3ccnc3)n2)cc1. The van der Waals surface area contributed by atoms with E-state index in [1.165, 1.54) is 4.90 Å².